The second kappa shape index (κ2) is 7.78. The van der Waals surface area contributed by atoms with Crippen molar-refractivity contribution in [3.8, 4) is 11.5 Å². The van der Waals surface area contributed by atoms with E-state index in [4.69, 9.17) is 14.5 Å². The van der Waals surface area contributed by atoms with Gasteiger partial charge in [-0.1, -0.05) is 36.4 Å². The summed E-state index contributed by atoms with van der Waals surface area (Å²) < 4.78 is 10.9. The summed E-state index contributed by atoms with van der Waals surface area (Å²) in [5.74, 6) is 1.55. The van der Waals surface area contributed by atoms with Gasteiger partial charge in [0.25, 0.3) is 0 Å². The fraction of sp³-hybridized carbons (Fsp3) is 0.348. The summed E-state index contributed by atoms with van der Waals surface area (Å²) >= 11 is 0. The van der Waals surface area contributed by atoms with Crippen LogP contribution in [0.2, 0.25) is 0 Å². The number of piperidine rings is 1. The van der Waals surface area contributed by atoms with Crippen molar-refractivity contribution in [3.05, 3.63) is 65.9 Å². The average Bonchev–Trinajstić information content (AvgIpc) is 2.75. The van der Waals surface area contributed by atoms with E-state index in [1.807, 2.05) is 42.5 Å². The second-order valence-corrected chi connectivity index (χ2v) is 7.34. The number of ether oxygens (including phenoxy) is 2. The Morgan fingerprint density at radius 2 is 1.64 bits per heavy atom. The molecule has 0 unspecified atom stereocenters. The van der Waals surface area contributed by atoms with Crippen molar-refractivity contribution < 1.29 is 14.6 Å². The molecule has 1 N–H and O–H groups in total. The number of aliphatic hydroxyl groups is 1. The number of nitrogens with zero attached hydrogens (tertiary/aromatic N) is 2. The molecule has 146 valence electrons. The Morgan fingerprint density at radius 1 is 0.929 bits per heavy atom. The van der Waals surface area contributed by atoms with Crippen LogP contribution in [0.1, 0.15) is 24.1 Å². The van der Waals surface area contributed by atoms with Gasteiger partial charge in [0.15, 0.2) is 0 Å². The van der Waals surface area contributed by atoms with E-state index in [-0.39, 0.29) is 0 Å². The van der Waals surface area contributed by atoms with E-state index in [0.717, 1.165) is 53.3 Å². The van der Waals surface area contributed by atoms with E-state index in [9.17, 15) is 5.11 Å². The highest BCUT2D eigenvalue weighted by molar-refractivity contribution is 5.84. The lowest BCUT2D eigenvalue weighted by molar-refractivity contribution is -0.0294. The topological polar surface area (TPSA) is 54.8 Å². The van der Waals surface area contributed by atoms with Crippen LogP contribution in [0.3, 0.4) is 0 Å². The van der Waals surface area contributed by atoms with Gasteiger partial charge in [-0.05, 0) is 31.0 Å². The minimum atomic E-state index is -0.844. The van der Waals surface area contributed by atoms with E-state index in [1.165, 1.54) is 0 Å². The van der Waals surface area contributed by atoms with E-state index in [1.54, 1.807) is 14.2 Å². The van der Waals surface area contributed by atoms with E-state index >= 15 is 0 Å². The third-order valence-corrected chi connectivity index (χ3v) is 5.64. The number of para-hydroxylation sites is 2. The van der Waals surface area contributed by atoms with Crippen LogP contribution in [0.25, 0.3) is 10.9 Å². The summed E-state index contributed by atoms with van der Waals surface area (Å²) in [6, 6.07) is 17.9. The fourth-order valence-corrected chi connectivity index (χ4v) is 4.02. The van der Waals surface area contributed by atoms with Crippen LogP contribution < -0.4 is 9.47 Å². The minimum Gasteiger partial charge on any atom is -0.496 e. The molecule has 4 rings (SSSR count). The Morgan fingerprint density at radius 3 is 2.39 bits per heavy atom. The number of likely N-dealkylation sites (tertiary alicyclic amines) is 1. The van der Waals surface area contributed by atoms with E-state index in [0.29, 0.717) is 12.8 Å². The highest BCUT2D eigenvalue weighted by Gasteiger charge is 2.36. The number of aromatic nitrogens is 1. The zero-order valence-electron chi connectivity index (χ0n) is 16.4. The van der Waals surface area contributed by atoms with Gasteiger partial charge in [0.1, 0.15) is 17.0 Å². The molecular weight excluding hydrogens is 352 g/mol. The van der Waals surface area contributed by atoms with Gasteiger partial charge in [0.2, 0.25) is 0 Å². The summed E-state index contributed by atoms with van der Waals surface area (Å²) in [6.45, 7) is 2.37. The first-order valence-corrected chi connectivity index (χ1v) is 9.64. The third-order valence-electron chi connectivity index (χ3n) is 5.64. The van der Waals surface area contributed by atoms with Gasteiger partial charge in [0.05, 0.1) is 25.5 Å². The van der Waals surface area contributed by atoms with Crippen molar-refractivity contribution in [1.29, 1.82) is 0 Å². The molecule has 0 bridgehead atoms. The Bertz CT molecular complexity index is 965. The summed E-state index contributed by atoms with van der Waals surface area (Å²) in [4.78, 5) is 7.15. The monoisotopic (exact) mass is 378 g/mol. The SMILES string of the molecule is COc1ccccc1C1(O)CCN(Cc2ccc3cccc(OC)c3n2)CC1. The second-order valence-electron chi connectivity index (χ2n) is 7.34. The molecule has 5 heteroatoms. The summed E-state index contributed by atoms with van der Waals surface area (Å²) in [5.41, 5.74) is 1.94. The highest BCUT2D eigenvalue weighted by Crippen LogP contribution is 2.38. The lowest BCUT2D eigenvalue weighted by Crippen LogP contribution is -2.42. The van der Waals surface area contributed by atoms with Crippen LogP contribution >= 0.6 is 0 Å². The molecular formula is C23H26N2O3. The van der Waals surface area contributed by atoms with Crippen LogP contribution in [0.4, 0.5) is 0 Å². The molecule has 1 aromatic heterocycles. The average molecular weight is 378 g/mol. The van der Waals surface area contributed by atoms with Gasteiger partial charge in [-0.2, -0.15) is 0 Å². The van der Waals surface area contributed by atoms with Crippen molar-refractivity contribution >= 4 is 10.9 Å². The number of fused-ring (bicyclic) bond motifs is 1. The first-order valence-electron chi connectivity index (χ1n) is 9.64. The summed E-state index contributed by atoms with van der Waals surface area (Å²) in [7, 11) is 3.32. The van der Waals surface area contributed by atoms with Crippen molar-refractivity contribution in [2.45, 2.75) is 25.0 Å². The van der Waals surface area contributed by atoms with Crippen molar-refractivity contribution in [2.24, 2.45) is 0 Å². The molecule has 0 amide bonds. The Hall–Kier alpha value is -2.63. The molecule has 1 aliphatic rings. The van der Waals surface area contributed by atoms with Gasteiger partial charge >= 0.3 is 0 Å². The summed E-state index contributed by atoms with van der Waals surface area (Å²) in [6.07, 6.45) is 1.34. The van der Waals surface area contributed by atoms with Crippen LogP contribution in [0.15, 0.2) is 54.6 Å². The number of benzene rings is 2. The molecule has 0 aliphatic carbocycles. The van der Waals surface area contributed by atoms with E-state index < -0.39 is 5.60 Å². The zero-order valence-corrected chi connectivity index (χ0v) is 16.4. The fourth-order valence-electron chi connectivity index (χ4n) is 4.02. The third kappa shape index (κ3) is 3.55. The molecule has 28 heavy (non-hydrogen) atoms. The number of hydrogen-bond acceptors (Lipinski definition) is 5. The normalized spacial score (nSPS) is 16.8. The molecule has 5 nitrogen and oxygen atoms in total. The van der Waals surface area contributed by atoms with Gasteiger partial charge < -0.3 is 14.6 Å². The maximum Gasteiger partial charge on any atom is 0.145 e. The maximum absolute atomic E-state index is 11.2. The van der Waals surface area contributed by atoms with Crippen molar-refractivity contribution in [3.63, 3.8) is 0 Å². The molecule has 0 radical (unpaired) electrons. The number of pyridine rings is 1. The van der Waals surface area contributed by atoms with Crippen molar-refractivity contribution in [1.82, 2.24) is 9.88 Å². The molecule has 1 saturated heterocycles. The molecule has 1 fully saturated rings. The highest BCUT2D eigenvalue weighted by atomic mass is 16.5. The maximum atomic E-state index is 11.2. The Balaban J connectivity index is 1.48. The Labute approximate surface area is 165 Å². The molecule has 0 spiro atoms. The molecule has 2 heterocycles. The molecule has 3 aromatic rings. The zero-order chi connectivity index (χ0) is 19.6. The molecule has 0 saturated carbocycles. The van der Waals surface area contributed by atoms with Gasteiger partial charge in [0, 0.05) is 30.6 Å². The number of rotatable bonds is 5. The van der Waals surface area contributed by atoms with Crippen LogP contribution in [0.5, 0.6) is 11.5 Å². The lowest BCUT2D eigenvalue weighted by Gasteiger charge is -2.39. The standard InChI is InChI=1S/C23H26N2O3/c1-27-20-8-4-3-7-19(20)23(26)12-14-25(15-13-23)16-18-11-10-17-6-5-9-21(28-2)22(17)24-18/h3-11,26H,12-16H2,1-2H3. The van der Waals surface area contributed by atoms with Crippen molar-refractivity contribution in [2.75, 3.05) is 27.3 Å². The van der Waals surface area contributed by atoms with Crippen LogP contribution in [0, 0.1) is 0 Å². The quantitative estimate of drug-likeness (QED) is 0.733. The van der Waals surface area contributed by atoms with E-state index in [2.05, 4.69) is 17.0 Å². The van der Waals surface area contributed by atoms with Gasteiger partial charge in [-0.3, -0.25) is 4.90 Å². The first kappa shape index (κ1) is 18.7. The summed E-state index contributed by atoms with van der Waals surface area (Å²) in [5, 5.41) is 12.3. The molecule has 2 aromatic carbocycles. The largest absolute Gasteiger partial charge is 0.496 e. The number of methoxy groups -OCH3 is 2. The molecule has 0 atom stereocenters. The predicted octanol–water partition coefficient (Wildman–Crippen LogP) is 3.74. The Kier molecular flexibility index (Phi) is 5.20. The smallest absolute Gasteiger partial charge is 0.145 e. The van der Waals surface area contributed by atoms with Crippen LogP contribution in [-0.2, 0) is 12.1 Å². The first-order chi connectivity index (χ1) is 13.6. The number of hydrogen-bond donors (Lipinski definition) is 1. The predicted molar refractivity (Wildman–Crippen MR) is 110 cm³/mol. The minimum absolute atomic E-state index is 0.671. The van der Waals surface area contributed by atoms with Gasteiger partial charge in [-0.25, -0.2) is 4.98 Å². The van der Waals surface area contributed by atoms with Gasteiger partial charge in [-0.15, -0.1) is 0 Å². The lowest BCUT2D eigenvalue weighted by atomic mass is 9.84. The van der Waals surface area contributed by atoms with Crippen LogP contribution in [-0.4, -0.2) is 42.3 Å². The molecule has 1 aliphatic heterocycles.